The summed E-state index contributed by atoms with van der Waals surface area (Å²) in [6.07, 6.45) is 2.52. The molecular weight excluding hydrogens is 318 g/mol. The third-order valence-electron chi connectivity index (χ3n) is 4.03. The molecule has 0 aliphatic carbocycles. The predicted molar refractivity (Wildman–Crippen MR) is 70.3 cm³/mol. The standard InChI is InChI=1S/C11H17N3O7S/c15-10(13-5-1-2-6-20-13)9-4-3-8-7-12(9)11(16)14(8)21-22(17,18)19/h8-9H,1-7H2,(H,17,18,19)/t8?,9-/m0/s1. The number of hydrogen-bond acceptors (Lipinski definition) is 6. The lowest BCUT2D eigenvalue weighted by molar-refractivity contribution is -0.201. The van der Waals surface area contributed by atoms with E-state index in [1.807, 2.05) is 0 Å². The zero-order chi connectivity index (χ0) is 15.9. The van der Waals surface area contributed by atoms with Crippen LogP contribution in [0.4, 0.5) is 4.79 Å². The lowest BCUT2D eigenvalue weighted by Gasteiger charge is -2.34. The van der Waals surface area contributed by atoms with E-state index in [1.54, 1.807) is 0 Å². The predicted octanol–water partition coefficient (Wildman–Crippen LogP) is -0.457. The van der Waals surface area contributed by atoms with Gasteiger partial charge < -0.3 is 4.90 Å². The first-order valence-electron chi connectivity index (χ1n) is 7.08. The van der Waals surface area contributed by atoms with Crippen LogP contribution in [0.1, 0.15) is 25.7 Å². The summed E-state index contributed by atoms with van der Waals surface area (Å²) < 4.78 is 34.7. The molecule has 0 spiro atoms. The number of carbonyl (C=O) groups is 2. The van der Waals surface area contributed by atoms with Crippen LogP contribution in [0.5, 0.6) is 0 Å². The molecule has 3 heterocycles. The van der Waals surface area contributed by atoms with Crippen LogP contribution in [0.25, 0.3) is 0 Å². The highest BCUT2D eigenvalue weighted by Crippen LogP contribution is 2.31. The maximum Gasteiger partial charge on any atom is 0.418 e. The zero-order valence-electron chi connectivity index (χ0n) is 11.8. The van der Waals surface area contributed by atoms with Crippen molar-refractivity contribution in [3.63, 3.8) is 0 Å². The van der Waals surface area contributed by atoms with Gasteiger partial charge in [-0.05, 0) is 25.7 Å². The third kappa shape index (κ3) is 2.89. The molecule has 2 atom stereocenters. The Morgan fingerprint density at radius 3 is 2.73 bits per heavy atom. The summed E-state index contributed by atoms with van der Waals surface area (Å²) in [4.78, 5) is 31.2. The number of hydroxylamine groups is 4. The Morgan fingerprint density at radius 2 is 2.09 bits per heavy atom. The maximum absolute atomic E-state index is 12.5. The fourth-order valence-corrected chi connectivity index (χ4v) is 3.41. The van der Waals surface area contributed by atoms with Gasteiger partial charge in [-0.1, -0.05) is 0 Å². The second-order valence-electron chi connectivity index (χ2n) is 5.49. The molecule has 0 radical (unpaired) electrons. The summed E-state index contributed by atoms with van der Waals surface area (Å²) in [5.74, 6) is -0.305. The van der Waals surface area contributed by atoms with Crippen molar-refractivity contribution in [3.05, 3.63) is 0 Å². The van der Waals surface area contributed by atoms with E-state index in [2.05, 4.69) is 4.28 Å². The quantitative estimate of drug-likeness (QED) is 0.694. The van der Waals surface area contributed by atoms with Gasteiger partial charge in [0, 0.05) is 13.1 Å². The van der Waals surface area contributed by atoms with Crippen LogP contribution in [-0.4, -0.2) is 71.7 Å². The molecule has 124 valence electrons. The Labute approximate surface area is 127 Å². The van der Waals surface area contributed by atoms with Gasteiger partial charge in [-0.3, -0.25) is 14.2 Å². The van der Waals surface area contributed by atoms with E-state index in [0.29, 0.717) is 31.1 Å². The average Bonchev–Trinajstić information content (AvgIpc) is 2.71. The van der Waals surface area contributed by atoms with Gasteiger partial charge in [0.25, 0.3) is 5.91 Å². The van der Waals surface area contributed by atoms with E-state index in [9.17, 15) is 18.0 Å². The van der Waals surface area contributed by atoms with E-state index in [1.165, 1.54) is 9.96 Å². The highest BCUT2D eigenvalue weighted by Gasteiger charge is 2.50. The molecule has 0 aromatic carbocycles. The molecule has 3 fully saturated rings. The molecule has 3 rings (SSSR count). The van der Waals surface area contributed by atoms with Crippen LogP contribution in [-0.2, 0) is 24.3 Å². The highest BCUT2D eigenvalue weighted by atomic mass is 32.3. The maximum atomic E-state index is 12.5. The Hall–Kier alpha value is -1.43. The van der Waals surface area contributed by atoms with Crippen LogP contribution >= 0.6 is 0 Å². The topological polar surface area (TPSA) is 117 Å². The summed E-state index contributed by atoms with van der Waals surface area (Å²) >= 11 is 0. The van der Waals surface area contributed by atoms with Crippen LogP contribution in [0.15, 0.2) is 0 Å². The minimum Gasteiger partial charge on any atom is -0.309 e. The first kappa shape index (κ1) is 15.5. The molecule has 3 aliphatic rings. The van der Waals surface area contributed by atoms with Crippen LogP contribution in [0.2, 0.25) is 0 Å². The van der Waals surface area contributed by atoms with E-state index >= 15 is 0 Å². The monoisotopic (exact) mass is 335 g/mol. The number of rotatable bonds is 3. The molecule has 3 amide bonds. The van der Waals surface area contributed by atoms with Gasteiger partial charge in [0.05, 0.1) is 12.6 Å². The molecular formula is C11H17N3O7S. The molecule has 0 aromatic heterocycles. The van der Waals surface area contributed by atoms with Gasteiger partial charge in [-0.25, -0.2) is 9.86 Å². The fraction of sp³-hybridized carbons (Fsp3) is 0.818. The molecule has 0 saturated carbocycles. The van der Waals surface area contributed by atoms with E-state index < -0.39 is 28.5 Å². The van der Waals surface area contributed by atoms with Crippen molar-refractivity contribution in [2.24, 2.45) is 0 Å². The normalized spacial score (nSPS) is 29.1. The lowest BCUT2D eigenvalue weighted by atomic mass is 10.00. The second-order valence-corrected chi connectivity index (χ2v) is 6.50. The van der Waals surface area contributed by atoms with Crippen molar-refractivity contribution < 1.29 is 31.7 Å². The zero-order valence-corrected chi connectivity index (χ0v) is 12.6. The van der Waals surface area contributed by atoms with Gasteiger partial charge in [0.1, 0.15) is 6.04 Å². The fourth-order valence-electron chi connectivity index (χ4n) is 3.03. The molecule has 22 heavy (non-hydrogen) atoms. The first-order valence-corrected chi connectivity index (χ1v) is 8.44. The Kier molecular flexibility index (Phi) is 3.97. The van der Waals surface area contributed by atoms with Gasteiger partial charge in [0.2, 0.25) is 0 Å². The molecule has 3 saturated heterocycles. The van der Waals surface area contributed by atoms with Crippen molar-refractivity contribution in [2.75, 3.05) is 19.7 Å². The molecule has 1 unspecified atom stereocenters. The summed E-state index contributed by atoms with van der Waals surface area (Å²) in [5, 5.41) is 1.90. The van der Waals surface area contributed by atoms with Crippen LogP contribution in [0, 0.1) is 0 Å². The molecule has 11 heteroatoms. The number of piperidine rings is 1. The largest absolute Gasteiger partial charge is 0.418 e. The third-order valence-corrected chi connectivity index (χ3v) is 4.38. The van der Waals surface area contributed by atoms with Gasteiger partial charge in [-0.2, -0.15) is 13.5 Å². The number of amides is 3. The summed E-state index contributed by atoms with van der Waals surface area (Å²) in [5.41, 5.74) is 0. The smallest absolute Gasteiger partial charge is 0.309 e. The van der Waals surface area contributed by atoms with Gasteiger partial charge in [0.15, 0.2) is 0 Å². The number of nitrogens with zero attached hydrogens (tertiary/aromatic N) is 3. The van der Waals surface area contributed by atoms with E-state index in [-0.39, 0.29) is 12.5 Å². The molecule has 3 aliphatic heterocycles. The summed E-state index contributed by atoms with van der Waals surface area (Å²) in [6.45, 7) is 1.12. The van der Waals surface area contributed by atoms with Crippen LogP contribution < -0.4 is 0 Å². The number of hydrogen-bond donors (Lipinski definition) is 1. The molecule has 0 aromatic rings. The van der Waals surface area contributed by atoms with E-state index in [0.717, 1.165) is 12.8 Å². The minimum atomic E-state index is -4.78. The number of carbonyl (C=O) groups excluding carboxylic acids is 2. The van der Waals surface area contributed by atoms with Crippen LogP contribution in [0.3, 0.4) is 0 Å². The van der Waals surface area contributed by atoms with Crippen molar-refractivity contribution in [2.45, 2.75) is 37.8 Å². The lowest BCUT2D eigenvalue weighted by Crippen LogP contribution is -2.52. The number of urea groups is 1. The summed E-state index contributed by atoms with van der Waals surface area (Å²) in [7, 11) is -4.78. The number of fused-ring (bicyclic) bond motifs is 2. The van der Waals surface area contributed by atoms with Crippen molar-refractivity contribution in [1.29, 1.82) is 0 Å². The average molecular weight is 335 g/mol. The molecule has 2 bridgehead atoms. The summed E-state index contributed by atoms with van der Waals surface area (Å²) in [6, 6.07) is -1.94. The van der Waals surface area contributed by atoms with E-state index in [4.69, 9.17) is 9.39 Å². The SMILES string of the molecule is O=C([C@@H]1CCC2CN1C(=O)N2OS(=O)(=O)O)N1CCCCO1. The van der Waals surface area contributed by atoms with Gasteiger partial charge in [-0.15, -0.1) is 4.28 Å². The molecule has 1 N–H and O–H groups in total. The second kappa shape index (κ2) is 5.65. The first-order chi connectivity index (χ1) is 10.4. The molecule has 10 nitrogen and oxygen atoms in total. The van der Waals surface area contributed by atoms with Gasteiger partial charge >= 0.3 is 16.4 Å². The van der Waals surface area contributed by atoms with Crippen molar-refractivity contribution in [1.82, 2.24) is 15.0 Å². The minimum absolute atomic E-state index is 0.179. The Morgan fingerprint density at radius 1 is 1.32 bits per heavy atom. The van der Waals surface area contributed by atoms with Crippen molar-refractivity contribution >= 4 is 22.3 Å². The van der Waals surface area contributed by atoms with Crippen molar-refractivity contribution in [3.8, 4) is 0 Å². The Bertz CT molecular complexity index is 574. The highest BCUT2D eigenvalue weighted by molar-refractivity contribution is 7.80. The Balaban J connectivity index is 1.72.